The molecule has 2 nitrogen and oxygen atoms in total. The van der Waals surface area contributed by atoms with E-state index in [9.17, 15) is 5.11 Å². The Morgan fingerprint density at radius 3 is 2.53 bits per heavy atom. The standard InChI is InChI=1S/C16H17BrO2/c1-11-8-16(19-2)13(10-14(11)17)15(18)9-12-6-4-3-5-7-12/h3-8,10,15,18H,9H2,1-2H3. The molecule has 2 aromatic rings. The van der Waals surface area contributed by atoms with E-state index in [-0.39, 0.29) is 0 Å². The summed E-state index contributed by atoms with van der Waals surface area (Å²) >= 11 is 3.50. The molecule has 0 radical (unpaired) electrons. The summed E-state index contributed by atoms with van der Waals surface area (Å²) in [4.78, 5) is 0. The molecule has 0 saturated heterocycles. The van der Waals surface area contributed by atoms with Crippen molar-refractivity contribution in [1.82, 2.24) is 0 Å². The van der Waals surface area contributed by atoms with Gasteiger partial charge < -0.3 is 9.84 Å². The first kappa shape index (κ1) is 14.1. The van der Waals surface area contributed by atoms with E-state index in [1.54, 1.807) is 7.11 Å². The number of hydrogen-bond acceptors (Lipinski definition) is 2. The van der Waals surface area contributed by atoms with E-state index < -0.39 is 6.10 Å². The lowest BCUT2D eigenvalue weighted by atomic mass is 9.99. The van der Waals surface area contributed by atoms with Crippen LogP contribution in [0.4, 0.5) is 0 Å². The zero-order chi connectivity index (χ0) is 13.8. The first-order chi connectivity index (χ1) is 9.11. The van der Waals surface area contributed by atoms with Gasteiger partial charge in [0.2, 0.25) is 0 Å². The molecule has 0 spiro atoms. The zero-order valence-electron chi connectivity index (χ0n) is 11.1. The number of aliphatic hydroxyl groups is 1. The maximum absolute atomic E-state index is 10.4. The van der Waals surface area contributed by atoms with Gasteiger partial charge in [0, 0.05) is 16.5 Å². The number of hydrogen-bond donors (Lipinski definition) is 1. The van der Waals surface area contributed by atoms with Crippen molar-refractivity contribution in [2.45, 2.75) is 19.4 Å². The number of benzene rings is 2. The lowest BCUT2D eigenvalue weighted by Crippen LogP contribution is -2.04. The normalized spacial score (nSPS) is 12.2. The predicted molar refractivity (Wildman–Crippen MR) is 80.5 cm³/mol. The number of halogens is 1. The number of rotatable bonds is 4. The molecule has 0 saturated carbocycles. The fourth-order valence-electron chi connectivity index (χ4n) is 2.05. The third-order valence-electron chi connectivity index (χ3n) is 3.14. The summed E-state index contributed by atoms with van der Waals surface area (Å²) in [7, 11) is 1.63. The van der Waals surface area contributed by atoms with E-state index in [2.05, 4.69) is 15.9 Å². The molecule has 0 heterocycles. The van der Waals surface area contributed by atoms with Crippen LogP contribution in [-0.4, -0.2) is 12.2 Å². The molecular weight excluding hydrogens is 304 g/mol. The SMILES string of the molecule is COc1cc(C)c(Br)cc1C(O)Cc1ccccc1. The summed E-state index contributed by atoms with van der Waals surface area (Å²) in [5, 5.41) is 10.4. The second kappa shape index (κ2) is 6.22. The Labute approximate surface area is 122 Å². The molecule has 0 fully saturated rings. The Morgan fingerprint density at radius 1 is 1.21 bits per heavy atom. The Hall–Kier alpha value is -1.32. The highest BCUT2D eigenvalue weighted by Crippen LogP contribution is 2.32. The van der Waals surface area contributed by atoms with Gasteiger partial charge in [0.05, 0.1) is 13.2 Å². The van der Waals surface area contributed by atoms with Crippen molar-refractivity contribution in [3.8, 4) is 5.75 Å². The fraction of sp³-hybridized carbons (Fsp3) is 0.250. The van der Waals surface area contributed by atoms with Crippen LogP contribution in [0.5, 0.6) is 5.75 Å². The smallest absolute Gasteiger partial charge is 0.125 e. The quantitative estimate of drug-likeness (QED) is 0.921. The minimum atomic E-state index is -0.575. The van der Waals surface area contributed by atoms with Crippen LogP contribution in [0.1, 0.15) is 22.8 Å². The van der Waals surface area contributed by atoms with Crippen LogP contribution in [0.25, 0.3) is 0 Å². The van der Waals surface area contributed by atoms with Crippen LogP contribution in [-0.2, 0) is 6.42 Å². The summed E-state index contributed by atoms with van der Waals surface area (Å²) in [6, 6.07) is 13.8. The molecule has 0 bridgehead atoms. The molecule has 0 aromatic heterocycles. The minimum Gasteiger partial charge on any atom is -0.496 e. The molecule has 0 aliphatic heterocycles. The van der Waals surface area contributed by atoms with E-state index in [0.29, 0.717) is 6.42 Å². The molecule has 0 amide bonds. The highest BCUT2D eigenvalue weighted by atomic mass is 79.9. The predicted octanol–water partition coefficient (Wildman–Crippen LogP) is 4.04. The molecule has 0 aliphatic rings. The summed E-state index contributed by atoms with van der Waals surface area (Å²) in [5.74, 6) is 0.726. The first-order valence-electron chi connectivity index (χ1n) is 6.18. The van der Waals surface area contributed by atoms with E-state index in [0.717, 1.165) is 26.9 Å². The second-order valence-corrected chi connectivity index (χ2v) is 5.40. The van der Waals surface area contributed by atoms with Gasteiger partial charge in [0.1, 0.15) is 5.75 Å². The van der Waals surface area contributed by atoms with Crippen LogP contribution >= 0.6 is 15.9 Å². The lowest BCUT2D eigenvalue weighted by Gasteiger charge is -2.16. The largest absolute Gasteiger partial charge is 0.496 e. The molecule has 19 heavy (non-hydrogen) atoms. The molecule has 0 aliphatic carbocycles. The number of aryl methyl sites for hydroxylation is 1. The van der Waals surface area contributed by atoms with E-state index in [4.69, 9.17) is 4.74 Å². The van der Waals surface area contributed by atoms with Crippen LogP contribution in [0.3, 0.4) is 0 Å². The van der Waals surface area contributed by atoms with Gasteiger partial charge in [-0.25, -0.2) is 0 Å². The third kappa shape index (κ3) is 3.37. The summed E-state index contributed by atoms with van der Waals surface area (Å²) in [6.45, 7) is 2.00. The molecule has 1 atom stereocenters. The van der Waals surface area contributed by atoms with Crippen molar-refractivity contribution in [3.05, 3.63) is 63.6 Å². The Morgan fingerprint density at radius 2 is 1.89 bits per heavy atom. The molecular formula is C16H17BrO2. The van der Waals surface area contributed by atoms with Crippen LogP contribution in [0, 0.1) is 6.92 Å². The van der Waals surface area contributed by atoms with Crippen LogP contribution in [0.2, 0.25) is 0 Å². The van der Waals surface area contributed by atoms with Gasteiger partial charge >= 0.3 is 0 Å². The average molecular weight is 321 g/mol. The van der Waals surface area contributed by atoms with Crippen molar-refractivity contribution in [2.75, 3.05) is 7.11 Å². The van der Waals surface area contributed by atoms with Gasteiger partial charge in [-0.05, 0) is 30.2 Å². The highest BCUT2D eigenvalue weighted by molar-refractivity contribution is 9.10. The molecule has 3 heteroatoms. The summed E-state index contributed by atoms with van der Waals surface area (Å²) < 4.78 is 6.34. The van der Waals surface area contributed by atoms with E-state index in [1.165, 1.54) is 0 Å². The molecule has 1 unspecified atom stereocenters. The van der Waals surface area contributed by atoms with Crippen molar-refractivity contribution in [1.29, 1.82) is 0 Å². The lowest BCUT2D eigenvalue weighted by molar-refractivity contribution is 0.174. The Kier molecular flexibility index (Phi) is 4.61. The maximum Gasteiger partial charge on any atom is 0.125 e. The van der Waals surface area contributed by atoms with Gasteiger partial charge in [0.15, 0.2) is 0 Å². The molecule has 2 rings (SSSR count). The van der Waals surface area contributed by atoms with Crippen LogP contribution < -0.4 is 4.74 Å². The topological polar surface area (TPSA) is 29.5 Å². The van der Waals surface area contributed by atoms with Crippen molar-refractivity contribution < 1.29 is 9.84 Å². The monoisotopic (exact) mass is 320 g/mol. The molecule has 1 N–H and O–H groups in total. The van der Waals surface area contributed by atoms with Crippen LogP contribution in [0.15, 0.2) is 46.9 Å². The van der Waals surface area contributed by atoms with Gasteiger partial charge in [0.25, 0.3) is 0 Å². The highest BCUT2D eigenvalue weighted by Gasteiger charge is 2.15. The van der Waals surface area contributed by atoms with E-state index >= 15 is 0 Å². The maximum atomic E-state index is 10.4. The van der Waals surface area contributed by atoms with Crippen molar-refractivity contribution >= 4 is 15.9 Å². The Bertz CT molecular complexity index is 552. The molecule has 100 valence electrons. The summed E-state index contributed by atoms with van der Waals surface area (Å²) in [6.07, 6.45) is 0.00132. The van der Waals surface area contributed by atoms with Gasteiger partial charge in [-0.15, -0.1) is 0 Å². The Balaban J connectivity index is 2.28. The number of ether oxygens (including phenoxy) is 1. The number of methoxy groups -OCH3 is 1. The van der Waals surface area contributed by atoms with E-state index in [1.807, 2.05) is 49.4 Å². The average Bonchev–Trinajstić information content (AvgIpc) is 2.42. The van der Waals surface area contributed by atoms with Crippen molar-refractivity contribution in [3.63, 3.8) is 0 Å². The minimum absolute atomic E-state index is 0.575. The zero-order valence-corrected chi connectivity index (χ0v) is 12.6. The van der Waals surface area contributed by atoms with Crippen molar-refractivity contribution in [2.24, 2.45) is 0 Å². The third-order valence-corrected chi connectivity index (χ3v) is 4.00. The van der Waals surface area contributed by atoms with Gasteiger partial charge in [-0.3, -0.25) is 0 Å². The molecule has 2 aromatic carbocycles. The first-order valence-corrected chi connectivity index (χ1v) is 6.97. The second-order valence-electron chi connectivity index (χ2n) is 4.55. The van der Waals surface area contributed by atoms with Gasteiger partial charge in [-0.1, -0.05) is 46.3 Å². The van der Waals surface area contributed by atoms with Gasteiger partial charge in [-0.2, -0.15) is 0 Å². The fourth-order valence-corrected chi connectivity index (χ4v) is 2.42. The summed E-state index contributed by atoms with van der Waals surface area (Å²) in [5.41, 5.74) is 3.00. The number of aliphatic hydroxyl groups excluding tert-OH is 1.